The molecular formula is C19H21ClN2O3S. The van der Waals surface area contributed by atoms with Gasteiger partial charge in [0.25, 0.3) is 0 Å². The van der Waals surface area contributed by atoms with Crippen LogP contribution in [0, 0.1) is 0 Å². The zero-order valence-electron chi connectivity index (χ0n) is 14.8. The van der Waals surface area contributed by atoms with Crippen LogP contribution < -0.4 is 4.74 Å². The van der Waals surface area contributed by atoms with Crippen LogP contribution in [0.4, 0.5) is 0 Å². The summed E-state index contributed by atoms with van der Waals surface area (Å²) >= 11 is 5.97. The minimum atomic E-state index is -3.36. The standard InChI is InChI=1S/C19H21ClN2O3S/c1-3-4-9-22-16-6-5-15-17(25-14-10-13(20)11-21-12-14)7-8-18(19(15)16)26(2,23)24/h7-8,10-12H,3-6,9H2,1-2H3/b22-16+. The summed E-state index contributed by atoms with van der Waals surface area (Å²) in [6.45, 7) is 2.81. The summed E-state index contributed by atoms with van der Waals surface area (Å²) in [7, 11) is -3.36. The fourth-order valence-electron chi connectivity index (χ4n) is 3.05. The molecule has 0 N–H and O–H groups in total. The number of rotatable bonds is 6. The molecule has 0 saturated heterocycles. The average Bonchev–Trinajstić information content (AvgIpc) is 2.99. The molecule has 0 aliphatic heterocycles. The maximum Gasteiger partial charge on any atom is 0.176 e. The van der Waals surface area contributed by atoms with Crippen LogP contribution in [0.3, 0.4) is 0 Å². The molecule has 1 aromatic heterocycles. The van der Waals surface area contributed by atoms with Crippen molar-refractivity contribution < 1.29 is 13.2 Å². The summed E-state index contributed by atoms with van der Waals surface area (Å²) in [5.74, 6) is 1.14. The van der Waals surface area contributed by atoms with Crippen molar-refractivity contribution in [2.75, 3.05) is 12.8 Å². The third kappa shape index (κ3) is 4.07. The second-order valence-electron chi connectivity index (χ2n) is 6.31. The van der Waals surface area contributed by atoms with E-state index in [1.165, 1.54) is 12.5 Å². The Balaban J connectivity index is 2.06. The number of unbranched alkanes of at least 4 members (excludes halogenated alkanes) is 1. The predicted octanol–water partition coefficient (Wildman–Crippen LogP) is 4.47. The van der Waals surface area contributed by atoms with E-state index in [1.54, 1.807) is 24.4 Å². The van der Waals surface area contributed by atoms with E-state index < -0.39 is 9.84 Å². The number of benzene rings is 1. The normalized spacial score (nSPS) is 15.3. The van der Waals surface area contributed by atoms with Crippen LogP contribution in [0.25, 0.3) is 0 Å². The molecule has 1 aliphatic rings. The van der Waals surface area contributed by atoms with Crippen molar-refractivity contribution in [1.82, 2.24) is 4.98 Å². The number of pyridine rings is 1. The molecule has 1 aromatic carbocycles. The molecule has 0 atom stereocenters. The van der Waals surface area contributed by atoms with E-state index in [0.29, 0.717) is 39.9 Å². The second-order valence-corrected chi connectivity index (χ2v) is 8.73. The van der Waals surface area contributed by atoms with E-state index in [-0.39, 0.29) is 0 Å². The minimum Gasteiger partial charge on any atom is -0.455 e. The zero-order valence-corrected chi connectivity index (χ0v) is 16.4. The molecule has 1 aliphatic carbocycles. The van der Waals surface area contributed by atoms with E-state index in [0.717, 1.165) is 30.5 Å². The number of halogens is 1. The summed E-state index contributed by atoms with van der Waals surface area (Å²) in [6.07, 6.45) is 7.79. The van der Waals surface area contributed by atoms with Crippen LogP contribution in [0.15, 0.2) is 40.5 Å². The number of nitrogens with zero attached hydrogens (tertiary/aromatic N) is 2. The number of aromatic nitrogens is 1. The highest BCUT2D eigenvalue weighted by Crippen LogP contribution is 2.38. The van der Waals surface area contributed by atoms with E-state index >= 15 is 0 Å². The van der Waals surface area contributed by atoms with Crippen LogP contribution in [-0.2, 0) is 16.3 Å². The Morgan fingerprint density at radius 3 is 2.77 bits per heavy atom. The lowest BCUT2D eigenvalue weighted by molar-refractivity contribution is 0.474. The van der Waals surface area contributed by atoms with Gasteiger partial charge in [-0.2, -0.15) is 0 Å². The fourth-order valence-corrected chi connectivity index (χ4v) is 4.14. The van der Waals surface area contributed by atoms with Crippen LogP contribution in [0.1, 0.15) is 37.3 Å². The zero-order chi connectivity index (χ0) is 18.7. The number of sulfone groups is 1. The van der Waals surface area contributed by atoms with Crippen molar-refractivity contribution in [3.05, 3.63) is 46.7 Å². The molecule has 0 radical (unpaired) electrons. The van der Waals surface area contributed by atoms with Crippen molar-refractivity contribution in [1.29, 1.82) is 0 Å². The SMILES string of the molecule is CCCC/N=C1\CCc2c(Oc3cncc(Cl)c3)ccc(S(C)(=O)=O)c21. The number of aliphatic imine (C=N–C) groups is 1. The van der Waals surface area contributed by atoms with Crippen molar-refractivity contribution in [3.8, 4) is 11.5 Å². The van der Waals surface area contributed by atoms with E-state index in [1.807, 2.05) is 0 Å². The van der Waals surface area contributed by atoms with Gasteiger partial charge in [0.05, 0.1) is 16.1 Å². The van der Waals surface area contributed by atoms with Crippen molar-refractivity contribution in [3.63, 3.8) is 0 Å². The lowest BCUT2D eigenvalue weighted by Crippen LogP contribution is -2.08. The molecule has 26 heavy (non-hydrogen) atoms. The summed E-state index contributed by atoms with van der Waals surface area (Å²) in [5.41, 5.74) is 2.43. The van der Waals surface area contributed by atoms with Crippen molar-refractivity contribution in [2.24, 2.45) is 4.99 Å². The molecule has 0 bridgehead atoms. The lowest BCUT2D eigenvalue weighted by Gasteiger charge is -2.13. The molecule has 5 nitrogen and oxygen atoms in total. The van der Waals surface area contributed by atoms with Gasteiger partial charge in [-0.25, -0.2) is 8.42 Å². The maximum absolute atomic E-state index is 12.3. The number of fused-ring (bicyclic) bond motifs is 1. The van der Waals surface area contributed by atoms with E-state index in [9.17, 15) is 8.42 Å². The van der Waals surface area contributed by atoms with Crippen molar-refractivity contribution >= 4 is 27.1 Å². The molecule has 3 rings (SSSR count). The van der Waals surface area contributed by atoms with Gasteiger partial charge in [-0.05, 0) is 31.4 Å². The first-order valence-corrected chi connectivity index (χ1v) is 10.8. The summed E-state index contributed by atoms with van der Waals surface area (Å²) in [6, 6.07) is 4.98. The van der Waals surface area contributed by atoms with E-state index in [2.05, 4.69) is 16.9 Å². The van der Waals surface area contributed by atoms with Gasteiger partial charge in [-0.1, -0.05) is 24.9 Å². The molecule has 1 heterocycles. The van der Waals surface area contributed by atoms with Crippen LogP contribution in [-0.4, -0.2) is 31.9 Å². The number of hydrogen-bond donors (Lipinski definition) is 0. The number of ether oxygens (including phenoxy) is 1. The lowest BCUT2D eigenvalue weighted by atomic mass is 10.1. The average molecular weight is 393 g/mol. The topological polar surface area (TPSA) is 68.6 Å². The van der Waals surface area contributed by atoms with E-state index in [4.69, 9.17) is 16.3 Å². The Kier molecular flexibility index (Phi) is 5.63. The minimum absolute atomic E-state index is 0.316. The van der Waals surface area contributed by atoms with Gasteiger partial charge >= 0.3 is 0 Å². The second kappa shape index (κ2) is 7.76. The maximum atomic E-state index is 12.3. The first-order valence-electron chi connectivity index (χ1n) is 8.58. The van der Waals surface area contributed by atoms with Crippen molar-refractivity contribution in [2.45, 2.75) is 37.5 Å². The van der Waals surface area contributed by atoms with Gasteiger partial charge in [0, 0.05) is 41.9 Å². The van der Waals surface area contributed by atoms with Gasteiger partial charge in [-0.15, -0.1) is 0 Å². The molecule has 0 saturated carbocycles. The highest BCUT2D eigenvalue weighted by molar-refractivity contribution is 7.90. The summed E-state index contributed by atoms with van der Waals surface area (Å²) in [4.78, 5) is 8.99. The highest BCUT2D eigenvalue weighted by atomic mass is 35.5. The van der Waals surface area contributed by atoms with Gasteiger partial charge in [0.1, 0.15) is 11.5 Å². The Bertz CT molecular complexity index is 955. The molecule has 2 aromatic rings. The van der Waals surface area contributed by atoms with Crippen LogP contribution in [0.5, 0.6) is 11.5 Å². The smallest absolute Gasteiger partial charge is 0.176 e. The molecule has 138 valence electrons. The molecule has 0 spiro atoms. The summed E-state index contributed by atoms with van der Waals surface area (Å²) < 4.78 is 30.5. The first kappa shape index (κ1) is 18.9. The Morgan fingerprint density at radius 2 is 2.08 bits per heavy atom. The van der Waals surface area contributed by atoms with Crippen LogP contribution >= 0.6 is 11.6 Å². The highest BCUT2D eigenvalue weighted by Gasteiger charge is 2.28. The Labute approximate surface area is 159 Å². The summed E-state index contributed by atoms with van der Waals surface area (Å²) in [5, 5.41) is 0.480. The molecule has 7 heteroatoms. The Hall–Kier alpha value is -1.92. The van der Waals surface area contributed by atoms with Gasteiger partial charge in [-0.3, -0.25) is 9.98 Å². The molecule has 0 amide bonds. The Morgan fingerprint density at radius 1 is 1.27 bits per heavy atom. The third-order valence-electron chi connectivity index (χ3n) is 4.25. The first-order chi connectivity index (χ1) is 12.4. The largest absolute Gasteiger partial charge is 0.455 e. The quantitative estimate of drug-likeness (QED) is 0.680. The number of hydrogen-bond acceptors (Lipinski definition) is 5. The molecule has 0 fully saturated rings. The molecule has 0 unspecified atom stereocenters. The van der Waals surface area contributed by atoms with Crippen LogP contribution in [0.2, 0.25) is 5.02 Å². The predicted molar refractivity (Wildman–Crippen MR) is 104 cm³/mol. The monoisotopic (exact) mass is 392 g/mol. The molecular weight excluding hydrogens is 372 g/mol. The van der Waals surface area contributed by atoms with Gasteiger partial charge in [0.15, 0.2) is 9.84 Å². The third-order valence-corrected chi connectivity index (χ3v) is 5.60. The van der Waals surface area contributed by atoms with Gasteiger partial charge in [0.2, 0.25) is 0 Å². The van der Waals surface area contributed by atoms with Gasteiger partial charge < -0.3 is 4.74 Å². The fraction of sp³-hybridized carbons (Fsp3) is 0.368.